The van der Waals surface area contributed by atoms with Gasteiger partial charge in [-0.2, -0.15) is 0 Å². The molecule has 5 rings (SSSR count). The second-order valence-corrected chi connectivity index (χ2v) is 10.3. The lowest BCUT2D eigenvalue weighted by molar-refractivity contribution is -0.126. The Morgan fingerprint density at radius 2 is 1.76 bits per heavy atom. The Hall–Kier alpha value is -2.90. The Labute approximate surface area is 208 Å². The second kappa shape index (κ2) is 8.40. The predicted octanol–water partition coefficient (Wildman–Crippen LogP) is 5.22. The van der Waals surface area contributed by atoms with E-state index in [1.165, 1.54) is 0 Å². The third-order valence-electron chi connectivity index (χ3n) is 6.75. The summed E-state index contributed by atoms with van der Waals surface area (Å²) in [6.45, 7) is 6.75. The fourth-order valence-electron chi connectivity index (χ4n) is 4.90. The van der Waals surface area contributed by atoms with E-state index in [0.717, 1.165) is 17.7 Å². The van der Waals surface area contributed by atoms with E-state index in [1.54, 1.807) is 21.7 Å². The summed E-state index contributed by atoms with van der Waals surface area (Å²) in [5.41, 5.74) is 1.62. The van der Waals surface area contributed by atoms with E-state index in [1.807, 2.05) is 37.3 Å². The van der Waals surface area contributed by atoms with E-state index in [0.29, 0.717) is 39.6 Å². The van der Waals surface area contributed by atoms with Crippen molar-refractivity contribution in [1.82, 2.24) is 15.0 Å². The molecule has 0 bridgehead atoms. The summed E-state index contributed by atoms with van der Waals surface area (Å²) >= 11 is 12.4. The predicted molar refractivity (Wildman–Crippen MR) is 133 cm³/mol. The maximum atomic E-state index is 14.1. The molecule has 0 radical (unpaired) electrons. The molecule has 0 aliphatic carbocycles. The van der Waals surface area contributed by atoms with E-state index in [-0.39, 0.29) is 24.3 Å². The van der Waals surface area contributed by atoms with Crippen LogP contribution in [0, 0.1) is 5.92 Å². The van der Waals surface area contributed by atoms with Crippen LogP contribution in [-0.4, -0.2) is 33.4 Å². The summed E-state index contributed by atoms with van der Waals surface area (Å²) in [7, 11) is 0. The van der Waals surface area contributed by atoms with Gasteiger partial charge in [0.1, 0.15) is 11.1 Å². The first-order chi connectivity index (χ1) is 16.2. The van der Waals surface area contributed by atoms with Crippen LogP contribution in [0.15, 0.2) is 42.5 Å². The largest absolute Gasteiger partial charge is 0.311 e. The first kappa shape index (κ1) is 22.9. The number of hydrogen-bond acceptors (Lipinski definition) is 4. The standard InChI is InChI=1S/C25H25Cl2N5O2/c1-14(2)10-11-31-20-9-8-18(27)12-19(20)25(24(31)34)13-21(33)28-23-22(25)29-30-32(23)15(3)16-4-6-17(26)7-5-16/h4-9,12,14-15H,10-11,13H2,1-3H3,(H,28,33)/t15-,25+/m0/s1. The SMILES string of the molecule is CC(C)CCN1C(=O)[C@]2(CC(=O)Nc3c2nnn3[C@@H](C)c2ccc(Cl)cc2)c2cc(Cl)ccc21. The number of nitrogens with one attached hydrogen (secondary N) is 1. The zero-order valence-corrected chi connectivity index (χ0v) is 20.7. The molecule has 2 aliphatic rings. The van der Waals surface area contributed by atoms with Gasteiger partial charge in [0.25, 0.3) is 0 Å². The molecular formula is C25H25Cl2N5O2. The van der Waals surface area contributed by atoms with Crippen molar-refractivity contribution in [2.75, 3.05) is 16.8 Å². The average molecular weight is 498 g/mol. The summed E-state index contributed by atoms with van der Waals surface area (Å²) in [6.07, 6.45) is 0.793. The van der Waals surface area contributed by atoms with Crippen molar-refractivity contribution in [1.29, 1.82) is 0 Å². The van der Waals surface area contributed by atoms with E-state index < -0.39 is 5.41 Å². The summed E-state index contributed by atoms with van der Waals surface area (Å²) in [5.74, 6) is 0.437. The molecule has 0 saturated carbocycles. The number of carbonyl (C=O) groups is 2. The highest BCUT2D eigenvalue weighted by Crippen LogP contribution is 2.52. The van der Waals surface area contributed by atoms with E-state index in [4.69, 9.17) is 23.2 Å². The van der Waals surface area contributed by atoms with Crippen LogP contribution in [0.3, 0.4) is 0 Å². The minimum absolute atomic E-state index is 0.0433. The van der Waals surface area contributed by atoms with Crippen molar-refractivity contribution in [2.24, 2.45) is 5.92 Å². The molecule has 0 saturated heterocycles. The van der Waals surface area contributed by atoms with Crippen LogP contribution in [0.25, 0.3) is 0 Å². The minimum Gasteiger partial charge on any atom is -0.311 e. The van der Waals surface area contributed by atoms with Gasteiger partial charge in [0.05, 0.1) is 12.5 Å². The van der Waals surface area contributed by atoms with Crippen LogP contribution >= 0.6 is 23.2 Å². The van der Waals surface area contributed by atoms with Gasteiger partial charge in [-0.3, -0.25) is 9.59 Å². The average Bonchev–Trinajstić information content (AvgIpc) is 3.31. The molecule has 3 aromatic rings. The molecule has 2 aliphatic heterocycles. The Kier molecular flexibility index (Phi) is 5.65. The van der Waals surface area contributed by atoms with Gasteiger partial charge in [-0.1, -0.05) is 54.4 Å². The van der Waals surface area contributed by atoms with Gasteiger partial charge in [0, 0.05) is 22.3 Å². The zero-order valence-electron chi connectivity index (χ0n) is 19.2. The number of nitrogens with zero attached hydrogens (tertiary/aromatic N) is 4. The zero-order chi connectivity index (χ0) is 24.2. The molecule has 7 nitrogen and oxygen atoms in total. The molecule has 1 aromatic heterocycles. The Morgan fingerprint density at radius 3 is 2.47 bits per heavy atom. The number of halogens is 2. The van der Waals surface area contributed by atoms with Crippen molar-refractivity contribution in [2.45, 2.75) is 45.1 Å². The van der Waals surface area contributed by atoms with Crippen LogP contribution in [0.1, 0.15) is 56.5 Å². The number of aromatic nitrogens is 3. The molecule has 9 heteroatoms. The quantitative estimate of drug-likeness (QED) is 0.524. The van der Waals surface area contributed by atoms with Crippen molar-refractivity contribution in [3.8, 4) is 0 Å². The van der Waals surface area contributed by atoms with Gasteiger partial charge in [0.15, 0.2) is 5.82 Å². The monoisotopic (exact) mass is 497 g/mol. The van der Waals surface area contributed by atoms with Crippen molar-refractivity contribution >= 4 is 46.5 Å². The fourth-order valence-corrected chi connectivity index (χ4v) is 5.20. The molecule has 34 heavy (non-hydrogen) atoms. The van der Waals surface area contributed by atoms with Crippen LogP contribution in [-0.2, 0) is 15.0 Å². The second-order valence-electron chi connectivity index (χ2n) is 9.39. The summed E-state index contributed by atoms with van der Waals surface area (Å²) in [6, 6.07) is 12.6. The molecule has 3 heterocycles. The molecule has 1 spiro atoms. The molecule has 0 unspecified atom stereocenters. The molecule has 0 fully saturated rings. The molecule has 2 amide bonds. The van der Waals surface area contributed by atoms with Crippen molar-refractivity contribution in [3.05, 3.63) is 69.3 Å². The van der Waals surface area contributed by atoms with Crippen molar-refractivity contribution < 1.29 is 9.59 Å². The van der Waals surface area contributed by atoms with Crippen LogP contribution in [0.4, 0.5) is 11.5 Å². The van der Waals surface area contributed by atoms with Crippen molar-refractivity contribution in [3.63, 3.8) is 0 Å². The number of fused-ring (bicyclic) bond motifs is 4. The van der Waals surface area contributed by atoms with Gasteiger partial charge in [-0.15, -0.1) is 5.10 Å². The lowest BCUT2D eigenvalue weighted by Gasteiger charge is -2.31. The summed E-state index contributed by atoms with van der Waals surface area (Å²) < 4.78 is 1.66. The maximum Gasteiger partial charge on any atom is 0.244 e. The fraction of sp³-hybridized carbons (Fsp3) is 0.360. The molecule has 1 N–H and O–H groups in total. The number of benzene rings is 2. The van der Waals surface area contributed by atoms with Crippen LogP contribution in [0.5, 0.6) is 0 Å². The number of hydrogen-bond donors (Lipinski definition) is 1. The summed E-state index contributed by atoms with van der Waals surface area (Å²) in [5, 5.41) is 12.9. The van der Waals surface area contributed by atoms with Gasteiger partial charge in [-0.25, -0.2) is 4.68 Å². The number of carbonyl (C=O) groups excluding carboxylic acids is 2. The highest BCUT2D eigenvalue weighted by Gasteiger charge is 2.58. The third kappa shape index (κ3) is 3.49. The molecule has 176 valence electrons. The lowest BCUT2D eigenvalue weighted by atomic mass is 9.73. The number of amides is 2. The normalized spacial score (nSPS) is 20.0. The number of rotatable bonds is 5. The van der Waals surface area contributed by atoms with Gasteiger partial charge >= 0.3 is 0 Å². The van der Waals surface area contributed by atoms with E-state index in [2.05, 4.69) is 29.5 Å². The summed E-state index contributed by atoms with van der Waals surface area (Å²) in [4.78, 5) is 28.9. The Morgan fingerprint density at radius 1 is 1.06 bits per heavy atom. The lowest BCUT2D eigenvalue weighted by Crippen LogP contribution is -2.47. The Bertz CT molecular complexity index is 1290. The Balaban J connectivity index is 1.66. The van der Waals surface area contributed by atoms with Gasteiger partial charge in [-0.05, 0) is 60.7 Å². The van der Waals surface area contributed by atoms with Gasteiger partial charge < -0.3 is 10.2 Å². The van der Waals surface area contributed by atoms with E-state index >= 15 is 0 Å². The third-order valence-corrected chi connectivity index (χ3v) is 7.24. The molecule has 2 atom stereocenters. The van der Waals surface area contributed by atoms with E-state index in [9.17, 15) is 9.59 Å². The van der Waals surface area contributed by atoms with Gasteiger partial charge in [0.2, 0.25) is 11.8 Å². The van der Waals surface area contributed by atoms with Crippen LogP contribution in [0.2, 0.25) is 10.0 Å². The smallest absolute Gasteiger partial charge is 0.244 e. The maximum absolute atomic E-state index is 14.1. The molecule has 2 aromatic carbocycles. The number of anilines is 2. The molecular weight excluding hydrogens is 473 g/mol. The highest BCUT2D eigenvalue weighted by molar-refractivity contribution is 6.31. The van der Waals surface area contributed by atoms with Crippen LogP contribution < -0.4 is 10.2 Å². The first-order valence-corrected chi connectivity index (χ1v) is 12.1. The highest BCUT2D eigenvalue weighted by atomic mass is 35.5. The topological polar surface area (TPSA) is 80.1 Å². The first-order valence-electron chi connectivity index (χ1n) is 11.4. The minimum atomic E-state index is -1.26.